The first-order valence-corrected chi connectivity index (χ1v) is 8.08. The summed E-state index contributed by atoms with van der Waals surface area (Å²) in [6, 6.07) is 12.0. The van der Waals surface area contributed by atoms with Gasteiger partial charge in [0.05, 0.1) is 10.6 Å². The number of nitro groups is 1. The van der Waals surface area contributed by atoms with Crippen LogP contribution < -0.4 is 0 Å². The molecule has 0 aliphatic heterocycles. The molecule has 0 radical (unpaired) electrons. The summed E-state index contributed by atoms with van der Waals surface area (Å²) in [5.41, 5.74) is 0.274. The Kier molecular flexibility index (Phi) is 4.89. The lowest BCUT2D eigenvalue weighted by atomic mass is 10.1. The summed E-state index contributed by atoms with van der Waals surface area (Å²) in [5.74, 6) is 0.152. The van der Waals surface area contributed by atoms with Crippen LogP contribution in [0.5, 0.6) is 0 Å². The van der Waals surface area contributed by atoms with Crippen molar-refractivity contribution in [3.8, 4) is 22.6 Å². The minimum absolute atomic E-state index is 0.127. The van der Waals surface area contributed by atoms with Gasteiger partial charge in [0.1, 0.15) is 5.56 Å². The van der Waals surface area contributed by atoms with Crippen molar-refractivity contribution < 1.29 is 18.1 Å². The molecule has 0 saturated carbocycles. The molecule has 0 spiro atoms. The maximum Gasteiger partial charge on any atom is 0.419 e. The Morgan fingerprint density at radius 1 is 1.00 bits per heavy atom. The smallest absolute Gasteiger partial charge is 0.258 e. The molecule has 0 fully saturated rings. The van der Waals surface area contributed by atoms with Gasteiger partial charge in [-0.15, -0.1) is 0 Å². The van der Waals surface area contributed by atoms with Crippen molar-refractivity contribution in [3.63, 3.8) is 0 Å². The van der Waals surface area contributed by atoms with E-state index in [1.54, 1.807) is 12.1 Å². The maximum atomic E-state index is 13.4. The maximum absolute atomic E-state index is 13.4. The van der Waals surface area contributed by atoms with Crippen LogP contribution in [0, 0.1) is 10.1 Å². The van der Waals surface area contributed by atoms with Crippen LogP contribution in [0.25, 0.3) is 22.6 Å². The Labute approximate surface area is 152 Å². The summed E-state index contributed by atoms with van der Waals surface area (Å²) in [6.07, 6.45) is -3.07. The summed E-state index contributed by atoms with van der Waals surface area (Å²) in [7, 11) is 0. The third-order valence-electron chi connectivity index (χ3n) is 4.07. The number of halogens is 3. The van der Waals surface area contributed by atoms with Crippen LogP contribution in [0.2, 0.25) is 0 Å². The van der Waals surface area contributed by atoms with Crippen LogP contribution in [0.4, 0.5) is 18.9 Å². The van der Waals surface area contributed by atoms with Crippen LogP contribution in [0.15, 0.2) is 54.7 Å². The number of non-ortho nitro benzene ring substituents is 1. The Morgan fingerprint density at radius 2 is 1.59 bits per heavy atom. The average Bonchev–Trinajstić information content (AvgIpc) is 2.67. The molecule has 0 aliphatic rings. The zero-order valence-electron chi connectivity index (χ0n) is 14.2. The Balaban J connectivity index is 2.12. The van der Waals surface area contributed by atoms with Crippen molar-refractivity contribution in [1.82, 2.24) is 9.97 Å². The molecule has 0 amide bonds. The molecule has 27 heavy (non-hydrogen) atoms. The second kappa shape index (κ2) is 7.14. The fourth-order valence-corrected chi connectivity index (χ4v) is 2.58. The number of alkyl halides is 3. The molecule has 0 aliphatic carbocycles. The van der Waals surface area contributed by atoms with E-state index in [1.165, 1.54) is 12.1 Å². The molecule has 1 heterocycles. The minimum Gasteiger partial charge on any atom is -0.258 e. The van der Waals surface area contributed by atoms with Gasteiger partial charge in [0.25, 0.3) is 5.69 Å². The van der Waals surface area contributed by atoms with Crippen LogP contribution in [-0.2, 0) is 12.6 Å². The van der Waals surface area contributed by atoms with Gasteiger partial charge in [0.15, 0.2) is 5.82 Å². The normalized spacial score (nSPS) is 11.4. The highest BCUT2D eigenvalue weighted by Crippen LogP contribution is 2.37. The Hall–Kier alpha value is -3.29. The number of hydrogen-bond donors (Lipinski definition) is 0. The second-order valence-corrected chi connectivity index (χ2v) is 5.81. The first-order valence-electron chi connectivity index (χ1n) is 8.08. The molecule has 3 rings (SSSR count). The van der Waals surface area contributed by atoms with Gasteiger partial charge in [-0.3, -0.25) is 10.1 Å². The van der Waals surface area contributed by atoms with Gasteiger partial charge in [-0.05, 0) is 24.1 Å². The number of aryl methyl sites for hydroxylation is 1. The summed E-state index contributed by atoms with van der Waals surface area (Å²) in [6.45, 7) is 2.00. The number of rotatable bonds is 4. The molecule has 0 saturated heterocycles. The van der Waals surface area contributed by atoms with Gasteiger partial charge in [-0.2, -0.15) is 13.2 Å². The highest BCUT2D eigenvalue weighted by molar-refractivity contribution is 5.68. The molecule has 3 aromatic rings. The lowest BCUT2D eigenvalue weighted by molar-refractivity contribution is -0.384. The zero-order chi connectivity index (χ0) is 19.6. The highest BCUT2D eigenvalue weighted by Gasteiger charge is 2.35. The molecule has 0 bridgehead atoms. The third-order valence-corrected chi connectivity index (χ3v) is 4.07. The number of nitro benzene ring substituents is 1. The topological polar surface area (TPSA) is 68.9 Å². The lowest BCUT2D eigenvalue weighted by Crippen LogP contribution is -2.10. The van der Waals surface area contributed by atoms with Gasteiger partial charge < -0.3 is 0 Å². The van der Waals surface area contributed by atoms with Crippen molar-refractivity contribution in [2.24, 2.45) is 0 Å². The van der Waals surface area contributed by atoms with Gasteiger partial charge in [-0.25, -0.2) is 9.97 Å². The fourth-order valence-electron chi connectivity index (χ4n) is 2.58. The molecule has 1 aromatic heterocycles. The Morgan fingerprint density at radius 3 is 2.11 bits per heavy atom. The molecular weight excluding hydrogens is 359 g/mol. The van der Waals surface area contributed by atoms with E-state index in [0.29, 0.717) is 5.56 Å². The van der Waals surface area contributed by atoms with Crippen LogP contribution in [0.3, 0.4) is 0 Å². The largest absolute Gasteiger partial charge is 0.419 e. The van der Waals surface area contributed by atoms with Crippen LogP contribution in [0.1, 0.15) is 18.1 Å². The fraction of sp³-hybridized carbons (Fsp3) is 0.158. The van der Waals surface area contributed by atoms with E-state index in [1.807, 2.05) is 19.1 Å². The third kappa shape index (κ3) is 3.94. The molecule has 0 atom stereocenters. The zero-order valence-corrected chi connectivity index (χ0v) is 14.2. The SMILES string of the molecule is CCc1ccc(-c2ncc(C(F)(F)F)c(-c3ccc([N+](=O)[O-])cc3)n2)cc1. The number of aromatic nitrogens is 2. The first kappa shape index (κ1) is 18.5. The number of benzene rings is 2. The van der Waals surface area contributed by atoms with Gasteiger partial charge in [0.2, 0.25) is 0 Å². The summed E-state index contributed by atoms with van der Waals surface area (Å²) >= 11 is 0. The number of nitrogens with zero attached hydrogens (tertiary/aromatic N) is 3. The molecular formula is C19H14F3N3O2. The van der Waals surface area contributed by atoms with E-state index in [4.69, 9.17) is 0 Å². The lowest BCUT2D eigenvalue weighted by Gasteiger charge is -2.13. The van der Waals surface area contributed by atoms with Crippen molar-refractivity contribution in [1.29, 1.82) is 0 Å². The van der Waals surface area contributed by atoms with Crippen LogP contribution in [-0.4, -0.2) is 14.9 Å². The number of hydrogen-bond acceptors (Lipinski definition) is 4. The van der Waals surface area contributed by atoms with E-state index in [9.17, 15) is 23.3 Å². The minimum atomic E-state index is -4.65. The molecule has 138 valence electrons. The standard InChI is InChI=1S/C19H14F3N3O2/c1-2-12-3-5-14(6-4-12)18-23-11-16(19(20,21)22)17(24-18)13-7-9-15(10-8-13)25(26)27/h3-11H,2H2,1H3. The van der Waals surface area contributed by atoms with E-state index < -0.39 is 16.7 Å². The predicted octanol–water partition coefficient (Wildman–Crippen LogP) is 5.30. The predicted molar refractivity (Wildman–Crippen MR) is 93.9 cm³/mol. The molecule has 5 nitrogen and oxygen atoms in total. The van der Waals surface area contributed by atoms with E-state index in [-0.39, 0.29) is 22.8 Å². The Bertz CT molecular complexity index is 969. The van der Waals surface area contributed by atoms with Crippen LogP contribution >= 0.6 is 0 Å². The van der Waals surface area contributed by atoms with Gasteiger partial charge in [-0.1, -0.05) is 31.2 Å². The van der Waals surface area contributed by atoms with Gasteiger partial charge >= 0.3 is 6.18 Å². The average molecular weight is 373 g/mol. The molecule has 8 heteroatoms. The quantitative estimate of drug-likeness (QED) is 0.460. The second-order valence-electron chi connectivity index (χ2n) is 5.81. The highest BCUT2D eigenvalue weighted by atomic mass is 19.4. The van der Waals surface area contributed by atoms with Gasteiger partial charge in [0, 0.05) is 29.5 Å². The molecule has 0 unspecified atom stereocenters. The van der Waals surface area contributed by atoms with Crippen molar-refractivity contribution >= 4 is 5.69 Å². The van der Waals surface area contributed by atoms with Crippen molar-refractivity contribution in [3.05, 3.63) is 76.0 Å². The summed E-state index contributed by atoms with van der Waals surface area (Å²) in [5, 5.41) is 10.8. The van der Waals surface area contributed by atoms with Crippen molar-refractivity contribution in [2.45, 2.75) is 19.5 Å². The summed E-state index contributed by atoms with van der Waals surface area (Å²) < 4.78 is 40.2. The summed E-state index contributed by atoms with van der Waals surface area (Å²) in [4.78, 5) is 18.1. The van der Waals surface area contributed by atoms with E-state index >= 15 is 0 Å². The van der Waals surface area contributed by atoms with Crippen molar-refractivity contribution in [2.75, 3.05) is 0 Å². The molecule has 0 N–H and O–H groups in total. The van der Waals surface area contributed by atoms with E-state index in [0.717, 1.165) is 30.3 Å². The van der Waals surface area contributed by atoms with E-state index in [2.05, 4.69) is 9.97 Å². The first-order chi connectivity index (χ1) is 12.8. The monoisotopic (exact) mass is 373 g/mol. The molecule has 2 aromatic carbocycles.